The fourth-order valence-electron chi connectivity index (χ4n) is 2.43. The Morgan fingerprint density at radius 2 is 1.88 bits per heavy atom. The Hall–Kier alpha value is -2.64. The summed E-state index contributed by atoms with van der Waals surface area (Å²) < 4.78 is 6.02. The van der Waals surface area contributed by atoms with Crippen molar-refractivity contribution in [2.45, 2.75) is 0 Å². The number of aromatic carboxylic acids is 1. The van der Waals surface area contributed by atoms with Gasteiger partial charge in [-0.3, -0.25) is 4.79 Å². The van der Waals surface area contributed by atoms with E-state index in [2.05, 4.69) is 21.2 Å². The van der Waals surface area contributed by atoms with Crippen LogP contribution in [0.2, 0.25) is 0 Å². The number of nitrogens with one attached hydrogen (secondary N) is 1. The number of carboxylic acids is 1. The molecule has 0 fully saturated rings. The van der Waals surface area contributed by atoms with Gasteiger partial charge >= 0.3 is 5.97 Å². The van der Waals surface area contributed by atoms with Crippen molar-refractivity contribution in [2.24, 2.45) is 0 Å². The van der Waals surface area contributed by atoms with Crippen molar-refractivity contribution >= 4 is 44.8 Å². The van der Waals surface area contributed by atoms with Crippen LogP contribution in [0.1, 0.15) is 20.7 Å². The molecule has 0 spiro atoms. The highest BCUT2D eigenvalue weighted by molar-refractivity contribution is 9.10. The van der Waals surface area contributed by atoms with Gasteiger partial charge in [-0.05, 0) is 35.9 Å². The second-order valence-electron chi connectivity index (χ2n) is 5.35. The third-order valence-corrected chi connectivity index (χ3v) is 5.25. The largest absolute Gasteiger partial charge is 0.497 e. The summed E-state index contributed by atoms with van der Waals surface area (Å²) in [7, 11) is 1.52. The number of benzene rings is 2. The zero-order valence-electron chi connectivity index (χ0n) is 13.7. The molecule has 1 heterocycles. The lowest BCUT2D eigenvalue weighted by Gasteiger charge is -2.07. The van der Waals surface area contributed by atoms with Crippen LogP contribution in [0, 0.1) is 0 Å². The molecule has 5 nitrogen and oxygen atoms in total. The molecule has 0 bridgehead atoms. The number of rotatable bonds is 5. The Kier molecular flexibility index (Phi) is 5.39. The van der Waals surface area contributed by atoms with Crippen LogP contribution in [0.15, 0.2) is 58.4 Å². The van der Waals surface area contributed by atoms with Crippen LogP contribution in [-0.4, -0.2) is 24.1 Å². The van der Waals surface area contributed by atoms with Crippen molar-refractivity contribution in [1.29, 1.82) is 0 Å². The molecule has 1 amide bonds. The van der Waals surface area contributed by atoms with Crippen molar-refractivity contribution in [3.8, 4) is 16.2 Å². The van der Waals surface area contributed by atoms with E-state index in [0.29, 0.717) is 16.2 Å². The highest BCUT2D eigenvalue weighted by Gasteiger charge is 2.21. The molecule has 0 aliphatic rings. The highest BCUT2D eigenvalue weighted by Crippen LogP contribution is 2.36. The molecule has 0 radical (unpaired) electrons. The molecular weight excluding hydrogens is 418 g/mol. The van der Waals surface area contributed by atoms with E-state index in [1.807, 2.05) is 24.3 Å². The van der Waals surface area contributed by atoms with E-state index >= 15 is 0 Å². The second-order valence-corrected chi connectivity index (χ2v) is 7.15. The number of carbonyl (C=O) groups is 2. The van der Waals surface area contributed by atoms with E-state index in [-0.39, 0.29) is 11.3 Å². The van der Waals surface area contributed by atoms with E-state index in [4.69, 9.17) is 4.74 Å². The van der Waals surface area contributed by atoms with Gasteiger partial charge in [0.1, 0.15) is 11.3 Å². The van der Waals surface area contributed by atoms with Crippen LogP contribution < -0.4 is 10.1 Å². The maximum atomic E-state index is 12.5. The first-order valence-electron chi connectivity index (χ1n) is 7.55. The van der Waals surface area contributed by atoms with E-state index < -0.39 is 11.9 Å². The number of hydrogen-bond donors (Lipinski definition) is 2. The second kappa shape index (κ2) is 7.72. The van der Waals surface area contributed by atoms with Crippen LogP contribution >= 0.6 is 27.3 Å². The number of anilines is 1. The summed E-state index contributed by atoms with van der Waals surface area (Å²) in [5.41, 5.74) is 1.51. The standard InChI is InChI=1S/C19H14BrNO4S/c1-25-14-4-2-3-12(9-14)18(22)21-15-10-26-17(16(15)19(23)24)11-5-7-13(20)8-6-11/h2-10H,1H3,(H,21,22)(H,23,24). The van der Waals surface area contributed by atoms with Crippen LogP contribution in [0.4, 0.5) is 5.69 Å². The molecule has 132 valence electrons. The van der Waals surface area contributed by atoms with Crippen molar-refractivity contribution in [3.05, 3.63) is 69.5 Å². The van der Waals surface area contributed by atoms with E-state index in [1.54, 1.807) is 29.6 Å². The first-order chi connectivity index (χ1) is 12.5. The van der Waals surface area contributed by atoms with Gasteiger partial charge in [0.25, 0.3) is 5.91 Å². The van der Waals surface area contributed by atoms with Crippen molar-refractivity contribution < 1.29 is 19.4 Å². The Labute approximate surface area is 162 Å². The Balaban J connectivity index is 1.94. The maximum absolute atomic E-state index is 12.5. The molecule has 2 aromatic carbocycles. The van der Waals surface area contributed by atoms with E-state index in [1.165, 1.54) is 18.4 Å². The quantitative estimate of drug-likeness (QED) is 0.586. The van der Waals surface area contributed by atoms with Crippen molar-refractivity contribution in [1.82, 2.24) is 0 Å². The van der Waals surface area contributed by atoms with Crippen LogP contribution in [0.3, 0.4) is 0 Å². The summed E-state index contributed by atoms with van der Waals surface area (Å²) in [6.07, 6.45) is 0. The van der Waals surface area contributed by atoms with Gasteiger partial charge in [0.05, 0.1) is 17.7 Å². The minimum atomic E-state index is -1.09. The lowest BCUT2D eigenvalue weighted by molar-refractivity contribution is 0.0699. The molecule has 0 saturated carbocycles. The van der Waals surface area contributed by atoms with E-state index in [9.17, 15) is 14.7 Å². The van der Waals surface area contributed by atoms with Gasteiger partial charge < -0.3 is 15.2 Å². The predicted octanol–water partition coefficient (Wildman–Crippen LogP) is 5.14. The smallest absolute Gasteiger partial charge is 0.339 e. The average Bonchev–Trinajstić information content (AvgIpc) is 3.06. The lowest BCUT2D eigenvalue weighted by atomic mass is 10.1. The number of halogens is 1. The van der Waals surface area contributed by atoms with E-state index in [0.717, 1.165) is 10.0 Å². The molecule has 7 heteroatoms. The molecule has 3 aromatic rings. The van der Waals surface area contributed by atoms with Gasteiger partial charge in [0, 0.05) is 15.4 Å². The molecular formula is C19H14BrNO4S. The van der Waals surface area contributed by atoms with Gasteiger partial charge in [-0.15, -0.1) is 11.3 Å². The first kappa shape index (κ1) is 18.2. The lowest BCUT2D eigenvalue weighted by Crippen LogP contribution is -2.14. The molecule has 0 aliphatic carbocycles. The molecule has 0 saturated heterocycles. The third kappa shape index (κ3) is 3.79. The fraction of sp³-hybridized carbons (Fsp3) is 0.0526. The molecule has 0 atom stereocenters. The molecule has 0 aliphatic heterocycles. The Morgan fingerprint density at radius 1 is 1.15 bits per heavy atom. The van der Waals surface area contributed by atoms with Crippen LogP contribution in [0.25, 0.3) is 10.4 Å². The molecule has 0 unspecified atom stereocenters. The molecule has 1 aromatic heterocycles. The topological polar surface area (TPSA) is 75.6 Å². The normalized spacial score (nSPS) is 10.4. The minimum absolute atomic E-state index is 0.0774. The average molecular weight is 432 g/mol. The third-order valence-electron chi connectivity index (χ3n) is 3.69. The van der Waals surface area contributed by atoms with Crippen molar-refractivity contribution in [2.75, 3.05) is 12.4 Å². The first-order valence-corrected chi connectivity index (χ1v) is 9.23. The summed E-state index contributed by atoms with van der Waals surface area (Å²) in [6.45, 7) is 0. The minimum Gasteiger partial charge on any atom is -0.497 e. The maximum Gasteiger partial charge on any atom is 0.339 e. The van der Waals surface area contributed by atoms with Crippen LogP contribution in [0.5, 0.6) is 5.75 Å². The van der Waals surface area contributed by atoms with Crippen LogP contribution in [-0.2, 0) is 0 Å². The number of amides is 1. The number of carboxylic acid groups (broad SMARTS) is 1. The van der Waals surface area contributed by atoms with Gasteiger partial charge in [-0.25, -0.2) is 4.79 Å². The van der Waals surface area contributed by atoms with Gasteiger partial charge in [0.15, 0.2) is 0 Å². The summed E-state index contributed by atoms with van der Waals surface area (Å²) >= 11 is 4.63. The van der Waals surface area contributed by atoms with Gasteiger partial charge in [-0.2, -0.15) is 0 Å². The zero-order chi connectivity index (χ0) is 18.7. The Morgan fingerprint density at radius 3 is 2.54 bits per heavy atom. The zero-order valence-corrected chi connectivity index (χ0v) is 16.1. The molecule has 2 N–H and O–H groups in total. The predicted molar refractivity (Wildman–Crippen MR) is 105 cm³/mol. The SMILES string of the molecule is COc1cccc(C(=O)Nc2csc(-c3ccc(Br)cc3)c2C(=O)O)c1. The Bertz CT molecular complexity index is 966. The summed E-state index contributed by atoms with van der Waals surface area (Å²) in [5.74, 6) is -0.936. The monoisotopic (exact) mass is 431 g/mol. The summed E-state index contributed by atoms with van der Waals surface area (Å²) in [4.78, 5) is 24.9. The number of methoxy groups -OCH3 is 1. The highest BCUT2D eigenvalue weighted by atomic mass is 79.9. The number of thiophene rings is 1. The van der Waals surface area contributed by atoms with Crippen molar-refractivity contribution in [3.63, 3.8) is 0 Å². The van der Waals surface area contributed by atoms with Gasteiger partial charge in [0.2, 0.25) is 0 Å². The summed E-state index contributed by atoms with van der Waals surface area (Å²) in [6, 6.07) is 14.0. The molecule has 3 rings (SSSR count). The fourth-order valence-corrected chi connectivity index (χ4v) is 3.70. The summed E-state index contributed by atoms with van der Waals surface area (Å²) in [5, 5.41) is 14.0. The van der Waals surface area contributed by atoms with Gasteiger partial charge in [-0.1, -0.05) is 34.1 Å². The number of hydrogen-bond acceptors (Lipinski definition) is 4. The molecule has 26 heavy (non-hydrogen) atoms. The number of carbonyl (C=O) groups excluding carboxylic acids is 1. The number of ether oxygens (including phenoxy) is 1.